The fraction of sp³-hybridized carbons (Fsp3) is 0.625. The van der Waals surface area contributed by atoms with Gasteiger partial charge >= 0.3 is 0 Å². The second kappa shape index (κ2) is 6.44. The van der Waals surface area contributed by atoms with Gasteiger partial charge in [0.15, 0.2) is 0 Å². The molecule has 0 aromatic heterocycles. The van der Waals surface area contributed by atoms with Gasteiger partial charge in [-0.05, 0) is 49.5 Å². The minimum atomic E-state index is 0.556. The van der Waals surface area contributed by atoms with Crippen LogP contribution in [0.25, 0.3) is 0 Å². The van der Waals surface area contributed by atoms with Crippen LogP contribution in [0.2, 0.25) is 5.02 Å². The zero-order valence-corrected chi connectivity index (χ0v) is 12.8. The van der Waals surface area contributed by atoms with E-state index in [4.69, 9.17) is 17.3 Å². The van der Waals surface area contributed by atoms with Gasteiger partial charge in [0.2, 0.25) is 0 Å². The normalized spacial score (nSPS) is 24.6. The minimum absolute atomic E-state index is 0.556. The van der Waals surface area contributed by atoms with Crippen molar-refractivity contribution in [3.05, 3.63) is 34.3 Å². The molecule has 2 aliphatic heterocycles. The Balaban J connectivity index is 1.58. The van der Waals surface area contributed by atoms with Gasteiger partial charge in [-0.3, -0.25) is 9.80 Å². The van der Waals surface area contributed by atoms with E-state index in [9.17, 15) is 0 Å². The summed E-state index contributed by atoms with van der Waals surface area (Å²) in [5.41, 5.74) is 7.98. The van der Waals surface area contributed by atoms with Crippen molar-refractivity contribution in [1.82, 2.24) is 9.80 Å². The number of hydrogen-bond acceptors (Lipinski definition) is 3. The summed E-state index contributed by atoms with van der Waals surface area (Å²) in [7, 11) is 0. The van der Waals surface area contributed by atoms with Crippen LogP contribution in [0.4, 0.5) is 0 Å². The lowest BCUT2D eigenvalue weighted by atomic mass is 10.1. The Hall–Kier alpha value is -0.610. The molecular formula is C16H24ClN3. The molecule has 0 saturated carbocycles. The fourth-order valence-corrected chi connectivity index (χ4v) is 3.71. The Morgan fingerprint density at radius 2 is 2.00 bits per heavy atom. The maximum atomic E-state index is 6.36. The van der Waals surface area contributed by atoms with Crippen LogP contribution in [0.1, 0.15) is 30.4 Å². The summed E-state index contributed by atoms with van der Waals surface area (Å²) in [4.78, 5) is 5.20. The Bertz CT molecular complexity index is 457. The molecule has 110 valence electrons. The molecule has 3 nitrogen and oxygen atoms in total. The predicted octanol–water partition coefficient (Wildman–Crippen LogP) is 2.47. The highest BCUT2D eigenvalue weighted by molar-refractivity contribution is 6.31. The SMILES string of the molecule is NCc1ccc(CN2CCC(N3CCCC3)C2)c(Cl)c1. The van der Waals surface area contributed by atoms with Crippen LogP contribution >= 0.6 is 11.6 Å². The lowest BCUT2D eigenvalue weighted by Gasteiger charge is -2.24. The highest BCUT2D eigenvalue weighted by Gasteiger charge is 2.29. The molecule has 2 N–H and O–H groups in total. The number of nitrogens with two attached hydrogens (primary N) is 1. The topological polar surface area (TPSA) is 32.5 Å². The van der Waals surface area contributed by atoms with Crippen molar-refractivity contribution in [2.75, 3.05) is 26.2 Å². The minimum Gasteiger partial charge on any atom is -0.326 e. The third-order valence-corrected chi connectivity index (χ3v) is 5.00. The highest BCUT2D eigenvalue weighted by atomic mass is 35.5. The van der Waals surface area contributed by atoms with Crippen molar-refractivity contribution in [3.8, 4) is 0 Å². The van der Waals surface area contributed by atoms with E-state index in [0.29, 0.717) is 6.54 Å². The summed E-state index contributed by atoms with van der Waals surface area (Å²) < 4.78 is 0. The Morgan fingerprint density at radius 1 is 1.20 bits per heavy atom. The number of likely N-dealkylation sites (tertiary alicyclic amines) is 2. The van der Waals surface area contributed by atoms with Gasteiger partial charge in [-0.25, -0.2) is 0 Å². The monoisotopic (exact) mass is 293 g/mol. The van der Waals surface area contributed by atoms with Crippen molar-refractivity contribution in [2.45, 2.75) is 38.4 Å². The van der Waals surface area contributed by atoms with Gasteiger partial charge in [-0.2, -0.15) is 0 Å². The summed E-state index contributed by atoms with van der Waals surface area (Å²) in [6.07, 6.45) is 4.06. The summed E-state index contributed by atoms with van der Waals surface area (Å²) in [6.45, 7) is 6.49. The number of nitrogens with zero attached hydrogens (tertiary/aromatic N) is 2. The van der Waals surface area contributed by atoms with Gasteiger partial charge in [-0.1, -0.05) is 23.7 Å². The molecule has 0 amide bonds. The Kier molecular flexibility index (Phi) is 4.61. The molecule has 2 fully saturated rings. The fourth-order valence-electron chi connectivity index (χ4n) is 3.45. The molecule has 0 bridgehead atoms. The van der Waals surface area contributed by atoms with Crippen LogP contribution in [-0.2, 0) is 13.1 Å². The molecule has 0 aliphatic carbocycles. The first-order valence-corrected chi connectivity index (χ1v) is 8.08. The van der Waals surface area contributed by atoms with E-state index in [0.717, 1.165) is 23.2 Å². The summed E-state index contributed by atoms with van der Waals surface area (Å²) >= 11 is 6.36. The third-order valence-electron chi connectivity index (χ3n) is 4.65. The van der Waals surface area contributed by atoms with E-state index in [1.807, 2.05) is 6.07 Å². The van der Waals surface area contributed by atoms with Crippen LogP contribution in [0.5, 0.6) is 0 Å². The van der Waals surface area contributed by atoms with Crippen LogP contribution in [-0.4, -0.2) is 42.0 Å². The average molecular weight is 294 g/mol. The molecule has 3 rings (SSSR count). The Labute approximate surface area is 126 Å². The van der Waals surface area contributed by atoms with Gasteiger partial charge in [0.1, 0.15) is 0 Å². The molecule has 2 aliphatic rings. The molecule has 1 aromatic carbocycles. The maximum absolute atomic E-state index is 6.36. The number of benzene rings is 1. The van der Waals surface area contributed by atoms with Crippen molar-refractivity contribution in [2.24, 2.45) is 5.73 Å². The smallest absolute Gasteiger partial charge is 0.0454 e. The molecule has 0 radical (unpaired) electrons. The van der Waals surface area contributed by atoms with Crippen LogP contribution < -0.4 is 5.73 Å². The Morgan fingerprint density at radius 3 is 2.70 bits per heavy atom. The second-order valence-electron chi connectivity index (χ2n) is 6.05. The molecule has 1 unspecified atom stereocenters. The van der Waals surface area contributed by atoms with Crippen molar-refractivity contribution >= 4 is 11.6 Å². The van der Waals surface area contributed by atoms with E-state index in [-0.39, 0.29) is 0 Å². The molecule has 1 atom stereocenters. The molecule has 0 spiro atoms. The van der Waals surface area contributed by atoms with E-state index in [1.165, 1.54) is 51.0 Å². The van der Waals surface area contributed by atoms with Crippen molar-refractivity contribution < 1.29 is 0 Å². The number of hydrogen-bond donors (Lipinski definition) is 1. The number of halogens is 1. The summed E-state index contributed by atoms with van der Waals surface area (Å²) in [6, 6.07) is 6.99. The van der Waals surface area contributed by atoms with Crippen LogP contribution in [0, 0.1) is 0 Å². The molecule has 2 saturated heterocycles. The van der Waals surface area contributed by atoms with E-state index < -0.39 is 0 Å². The molecular weight excluding hydrogens is 270 g/mol. The van der Waals surface area contributed by atoms with E-state index >= 15 is 0 Å². The zero-order valence-electron chi connectivity index (χ0n) is 12.0. The largest absolute Gasteiger partial charge is 0.326 e. The van der Waals surface area contributed by atoms with Gasteiger partial charge in [-0.15, -0.1) is 0 Å². The van der Waals surface area contributed by atoms with Gasteiger partial charge in [0.25, 0.3) is 0 Å². The molecule has 20 heavy (non-hydrogen) atoms. The highest BCUT2D eigenvalue weighted by Crippen LogP contribution is 2.24. The van der Waals surface area contributed by atoms with Gasteiger partial charge < -0.3 is 5.73 Å². The second-order valence-corrected chi connectivity index (χ2v) is 6.46. The predicted molar refractivity (Wildman–Crippen MR) is 83.8 cm³/mol. The summed E-state index contributed by atoms with van der Waals surface area (Å²) in [5, 5.41) is 0.859. The van der Waals surface area contributed by atoms with Crippen molar-refractivity contribution in [3.63, 3.8) is 0 Å². The maximum Gasteiger partial charge on any atom is 0.0454 e. The quantitative estimate of drug-likeness (QED) is 0.926. The first-order valence-electron chi connectivity index (χ1n) is 7.70. The molecule has 4 heteroatoms. The zero-order chi connectivity index (χ0) is 13.9. The average Bonchev–Trinajstić information content (AvgIpc) is 3.11. The number of rotatable bonds is 4. The summed E-state index contributed by atoms with van der Waals surface area (Å²) in [5.74, 6) is 0. The standard InChI is InChI=1S/C16H24ClN3/c17-16-9-13(10-18)3-4-14(16)11-19-8-5-15(12-19)20-6-1-2-7-20/h3-4,9,15H,1-2,5-8,10-12,18H2. The van der Waals surface area contributed by atoms with E-state index in [2.05, 4.69) is 21.9 Å². The first kappa shape index (κ1) is 14.3. The molecule has 1 aromatic rings. The van der Waals surface area contributed by atoms with Crippen LogP contribution in [0.15, 0.2) is 18.2 Å². The van der Waals surface area contributed by atoms with Gasteiger partial charge in [0.05, 0.1) is 0 Å². The van der Waals surface area contributed by atoms with E-state index in [1.54, 1.807) is 0 Å². The lowest BCUT2D eigenvalue weighted by molar-refractivity contribution is 0.230. The lowest BCUT2D eigenvalue weighted by Crippen LogP contribution is -2.35. The van der Waals surface area contributed by atoms with Crippen molar-refractivity contribution in [1.29, 1.82) is 0 Å². The first-order chi connectivity index (χ1) is 9.76. The van der Waals surface area contributed by atoms with Gasteiger partial charge in [0, 0.05) is 37.2 Å². The third kappa shape index (κ3) is 3.17. The van der Waals surface area contributed by atoms with Crippen LogP contribution in [0.3, 0.4) is 0 Å². The molecule has 2 heterocycles.